The molecule has 0 aliphatic carbocycles. The van der Waals surface area contributed by atoms with Crippen LogP contribution < -0.4 is 0 Å². The van der Waals surface area contributed by atoms with Gasteiger partial charge in [-0.25, -0.2) is 0 Å². The lowest BCUT2D eigenvalue weighted by Gasteiger charge is -2.39. The van der Waals surface area contributed by atoms with Crippen molar-refractivity contribution >= 4 is 5.97 Å². The van der Waals surface area contributed by atoms with Crippen LogP contribution in [-0.4, -0.2) is 89.6 Å². The van der Waals surface area contributed by atoms with Gasteiger partial charge in [0.25, 0.3) is 0 Å². The number of carbonyl (C=O) groups is 1. The molecule has 0 aromatic heterocycles. The molecule has 1 saturated heterocycles. The molecule has 0 amide bonds. The monoisotopic (exact) mass is 630 g/mol. The second-order valence-electron chi connectivity index (χ2n) is 12.3. The van der Waals surface area contributed by atoms with Crippen molar-refractivity contribution in [2.45, 2.75) is 179 Å². The summed E-state index contributed by atoms with van der Waals surface area (Å²) in [7, 11) is 0. The molecule has 1 rings (SSSR count). The molecule has 6 atom stereocenters. The maximum atomic E-state index is 12.3. The maximum Gasteiger partial charge on any atom is 0.306 e. The van der Waals surface area contributed by atoms with Crippen LogP contribution in [0.4, 0.5) is 0 Å². The molecule has 1 aliphatic rings. The number of aliphatic hydroxyl groups is 4. The molecule has 0 spiro atoms. The number of ether oxygens (including phenoxy) is 4. The standard InChI is InChI=1S/C35H66O9/c1-3-5-7-8-9-10-11-12-13-14-15-16-17-18-19-20-21-23-25-41-27-29(43-31(37)24-22-6-4-2)28-42-35-34(40)33(39)32(38)30(26-36)44-35/h12-13,29-30,32-36,38-40H,3-11,14-28H2,1-2H3/b13-12-. The molecule has 1 aliphatic heterocycles. The first kappa shape index (κ1) is 41.0. The quantitative estimate of drug-likeness (QED) is 0.0437. The number of aliphatic hydroxyl groups excluding tert-OH is 4. The van der Waals surface area contributed by atoms with E-state index in [1.165, 1.54) is 89.9 Å². The van der Waals surface area contributed by atoms with E-state index < -0.39 is 43.4 Å². The molecule has 0 aromatic rings. The highest BCUT2D eigenvalue weighted by molar-refractivity contribution is 5.69. The number of hydrogen-bond acceptors (Lipinski definition) is 9. The summed E-state index contributed by atoms with van der Waals surface area (Å²) in [5.74, 6) is -0.339. The van der Waals surface area contributed by atoms with Crippen molar-refractivity contribution in [2.24, 2.45) is 0 Å². The maximum absolute atomic E-state index is 12.3. The smallest absolute Gasteiger partial charge is 0.306 e. The molecular weight excluding hydrogens is 564 g/mol. The first-order chi connectivity index (χ1) is 21.4. The summed E-state index contributed by atoms with van der Waals surface area (Å²) in [5, 5.41) is 39.6. The van der Waals surface area contributed by atoms with Crippen LogP contribution in [0.15, 0.2) is 12.2 Å². The highest BCUT2D eigenvalue weighted by Crippen LogP contribution is 2.22. The largest absolute Gasteiger partial charge is 0.457 e. The highest BCUT2D eigenvalue weighted by atomic mass is 16.7. The Hall–Kier alpha value is -1.07. The van der Waals surface area contributed by atoms with Crippen LogP contribution >= 0.6 is 0 Å². The second-order valence-corrected chi connectivity index (χ2v) is 12.3. The zero-order valence-corrected chi connectivity index (χ0v) is 27.9. The molecular formula is C35H66O9. The Morgan fingerprint density at radius 2 is 1.25 bits per heavy atom. The molecule has 0 bridgehead atoms. The van der Waals surface area contributed by atoms with E-state index in [0.717, 1.165) is 32.1 Å². The van der Waals surface area contributed by atoms with E-state index in [2.05, 4.69) is 26.0 Å². The molecule has 6 unspecified atom stereocenters. The van der Waals surface area contributed by atoms with Gasteiger partial charge in [-0.2, -0.15) is 0 Å². The summed E-state index contributed by atoms with van der Waals surface area (Å²) in [5.41, 5.74) is 0. The van der Waals surface area contributed by atoms with Gasteiger partial charge in [0.1, 0.15) is 30.5 Å². The molecule has 9 nitrogen and oxygen atoms in total. The van der Waals surface area contributed by atoms with Crippen molar-refractivity contribution in [2.75, 3.05) is 26.4 Å². The lowest BCUT2D eigenvalue weighted by Crippen LogP contribution is -2.59. The fourth-order valence-corrected chi connectivity index (χ4v) is 5.31. The number of hydrogen-bond donors (Lipinski definition) is 4. The van der Waals surface area contributed by atoms with E-state index >= 15 is 0 Å². The van der Waals surface area contributed by atoms with Crippen molar-refractivity contribution in [1.29, 1.82) is 0 Å². The van der Waals surface area contributed by atoms with E-state index in [1.54, 1.807) is 0 Å². The third-order valence-electron chi connectivity index (χ3n) is 8.18. The van der Waals surface area contributed by atoms with Gasteiger partial charge in [-0.3, -0.25) is 4.79 Å². The van der Waals surface area contributed by atoms with Gasteiger partial charge in [0.15, 0.2) is 6.29 Å². The number of unbranched alkanes of at least 4 members (excludes halogenated alkanes) is 16. The van der Waals surface area contributed by atoms with Crippen LogP contribution in [0, 0.1) is 0 Å². The van der Waals surface area contributed by atoms with Gasteiger partial charge in [0.2, 0.25) is 0 Å². The molecule has 0 saturated carbocycles. The average molecular weight is 631 g/mol. The van der Waals surface area contributed by atoms with Gasteiger partial charge in [0.05, 0.1) is 19.8 Å². The van der Waals surface area contributed by atoms with Crippen LogP contribution in [0.1, 0.15) is 142 Å². The minimum atomic E-state index is -1.53. The molecule has 260 valence electrons. The van der Waals surface area contributed by atoms with E-state index in [1.807, 2.05) is 0 Å². The molecule has 44 heavy (non-hydrogen) atoms. The zero-order chi connectivity index (χ0) is 32.3. The lowest BCUT2D eigenvalue weighted by molar-refractivity contribution is -0.305. The third kappa shape index (κ3) is 20.1. The third-order valence-corrected chi connectivity index (χ3v) is 8.18. The van der Waals surface area contributed by atoms with E-state index in [0.29, 0.717) is 13.0 Å². The van der Waals surface area contributed by atoms with Gasteiger partial charge in [0, 0.05) is 13.0 Å². The summed E-state index contributed by atoms with van der Waals surface area (Å²) in [4.78, 5) is 12.3. The number of rotatable bonds is 29. The molecule has 0 radical (unpaired) electrons. The van der Waals surface area contributed by atoms with Crippen LogP contribution in [0.25, 0.3) is 0 Å². The number of esters is 1. The Morgan fingerprint density at radius 3 is 1.84 bits per heavy atom. The van der Waals surface area contributed by atoms with Gasteiger partial charge in [-0.15, -0.1) is 0 Å². The van der Waals surface area contributed by atoms with E-state index in [4.69, 9.17) is 18.9 Å². The summed E-state index contributed by atoms with van der Waals surface area (Å²) in [6.07, 6.45) is 20.4. The fraction of sp³-hybridized carbons (Fsp3) is 0.914. The Bertz CT molecular complexity index is 687. The summed E-state index contributed by atoms with van der Waals surface area (Å²) in [6, 6.07) is 0. The average Bonchev–Trinajstić information content (AvgIpc) is 3.02. The second kappa shape index (κ2) is 28.2. The summed E-state index contributed by atoms with van der Waals surface area (Å²) in [6.45, 7) is 4.36. The zero-order valence-electron chi connectivity index (χ0n) is 27.9. The summed E-state index contributed by atoms with van der Waals surface area (Å²) >= 11 is 0. The van der Waals surface area contributed by atoms with E-state index in [-0.39, 0.29) is 19.2 Å². The lowest BCUT2D eigenvalue weighted by atomic mass is 9.99. The highest BCUT2D eigenvalue weighted by Gasteiger charge is 2.44. The fourth-order valence-electron chi connectivity index (χ4n) is 5.31. The number of allylic oxidation sites excluding steroid dienone is 2. The van der Waals surface area contributed by atoms with E-state index in [9.17, 15) is 25.2 Å². The van der Waals surface area contributed by atoms with Gasteiger partial charge in [-0.1, -0.05) is 109 Å². The van der Waals surface area contributed by atoms with Gasteiger partial charge >= 0.3 is 5.97 Å². The van der Waals surface area contributed by atoms with Crippen LogP contribution in [0.3, 0.4) is 0 Å². The Balaban J connectivity index is 2.17. The topological polar surface area (TPSA) is 135 Å². The van der Waals surface area contributed by atoms with Crippen molar-refractivity contribution in [3.05, 3.63) is 12.2 Å². The summed E-state index contributed by atoms with van der Waals surface area (Å²) < 4.78 is 22.4. The predicted octanol–water partition coefficient (Wildman–Crippen LogP) is 6.13. The van der Waals surface area contributed by atoms with Crippen molar-refractivity contribution < 1.29 is 44.2 Å². The molecule has 0 aromatic carbocycles. The first-order valence-corrected chi connectivity index (χ1v) is 17.8. The molecule has 9 heteroatoms. The first-order valence-electron chi connectivity index (χ1n) is 17.8. The normalized spacial score (nSPS) is 22.9. The minimum Gasteiger partial charge on any atom is -0.457 e. The minimum absolute atomic E-state index is 0.114. The van der Waals surface area contributed by atoms with Crippen molar-refractivity contribution in [1.82, 2.24) is 0 Å². The molecule has 1 heterocycles. The van der Waals surface area contributed by atoms with Gasteiger partial charge in [-0.05, 0) is 38.5 Å². The van der Waals surface area contributed by atoms with Gasteiger partial charge < -0.3 is 39.4 Å². The van der Waals surface area contributed by atoms with Crippen LogP contribution in [0.2, 0.25) is 0 Å². The van der Waals surface area contributed by atoms with Crippen LogP contribution in [0.5, 0.6) is 0 Å². The predicted molar refractivity (Wildman–Crippen MR) is 173 cm³/mol. The Labute approximate surface area is 267 Å². The SMILES string of the molecule is CCCCCCCC/C=C\CCCCCCCCCCOCC(COC1OC(CO)C(O)C(O)C1O)OC(=O)CCCCC. The van der Waals surface area contributed by atoms with Crippen molar-refractivity contribution in [3.8, 4) is 0 Å². The Morgan fingerprint density at radius 1 is 0.705 bits per heavy atom. The molecule has 4 N–H and O–H groups in total. The Kier molecular flexibility index (Phi) is 26.2. The van der Waals surface area contributed by atoms with Crippen LogP contribution in [-0.2, 0) is 23.7 Å². The molecule has 1 fully saturated rings. The number of carbonyl (C=O) groups excluding carboxylic acids is 1. The van der Waals surface area contributed by atoms with Crippen molar-refractivity contribution in [3.63, 3.8) is 0 Å².